The van der Waals surface area contributed by atoms with Gasteiger partial charge in [0.25, 0.3) is 0 Å². The molecule has 2 heteroatoms. The van der Waals surface area contributed by atoms with E-state index in [1.54, 1.807) is 0 Å². The quantitative estimate of drug-likeness (QED) is 0.650. The average molecular weight is 263 g/mol. The molecule has 2 aliphatic heterocycles. The second-order valence-corrected chi connectivity index (χ2v) is 7.00. The highest BCUT2D eigenvalue weighted by atomic mass is 16.5. The van der Waals surface area contributed by atoms with Gasteiger partial charge in [0.1, 0.15) is 0 Å². The second kappa shape index (κ2) is 5.21. The third kappa shape index (κ3) is 2.38. The molecule has 3 rings (SSSR count). The first-order chi connectivity index (χ1) is 9.25. The number of likely N-dealkylation sites (tertiary alicyclic amines) is 1. The summed E-state index contributed by atoms with van der Waals surface area (Å²) in [7, 11) is 0. The van der Waals surface area contributed by atoms with Gasteiger partial charge in [0.15, 0.2) is 0 Å². The van der Waals surface area contributed by atoms with Crippen LogP contribution in [0.3, 0.4) is 0 Å². The SMILES string of the molecule is C=CCCC(CN1CCC12CCOC2)C1(CC)CC1. The van der Waals surface area contributed by atoms with E-state index in [1.807, 2.05) is 0 Å². The molecule has 1 spiro atoms. The van der Waals surface area contributed by atoms with Crippen LogP contribution in [0.2, 0.25) is 0 Å². The maximum atomic E-state index is 5.66. The van der Waals surface area contributed by atoms with Crippen LogP contribution in [-0.2, 0) is 4.74 Å². The van der Waals surface area contributed by atoms with E-state index >= 15 is 0 Å². The molecule has 0 radical (unpaired) electrons. The Morgan fingerprint density at radius 2 is 2.16 bits per heavy atom. The molecule has 1 saturated carbocycles. The minimum atomic E-state index is 0.441. The zero-order chi connectivity index (χ0) is 13.3. The van der Waals surface area contributed by atoms with Gasteiger partial charge in [-0.05, 0) is 49.9 Å². The highest BCUT2D eigenvalue weighted by Crippen LogP contribution is 2.57. The lowest BCUT2D eigenvalue weighted by Crippen LogP contribution is -2.61. The van der Waals surface area contributed by atoms with Crippen LogP contribution < -0.4 is 0 Å². The first-order valence-electron chi connectivity index (χ1n) is 8.18. The molecule has 19 heavy (non-hydrogen) atoms. The van der Waals surface area contributed by atoms with E-state index in [4.69, 9.17) is 4.74 Å². The molecule has 2 saturated heterocycles. The lowest BCUT2D eigenvalue weighted by Gasteiger charge is -2.52. The fourth-order valence-electron chi connectivity index (χ4n) is 4.30. The summed E-state index contributed by atoms with van der Waals surface area (Å²) in [4.78, 5) is 2.75. The number of nitrogens with zero attached hydrogens (tertiary/aromatic N) is 1. The van der Waals surface area contributed by atoms with E-state index in [2.05, 4.69) is 24.5 Å². The van der Waals surface area contributed by atoms with Crippen molar-refractivity contribution in [2.45, 2.75) is 57.4 Å². The Hall–Kier alpha value is -0.340. The van der Waals surface area contributed by atoms with Gasteiger partial charge in [-0.1, -0.05) is 19.4 Å². The summed E-state index contributed by atoms with van der Waals surface area (Å²) in [5.74, 6) is 0.883. The molecule has 2 heterocycles. The summed E-state index contributed by atoms with van der Waals surface area (Å²) in [6.45, 7) is 10.9. The third-order valence-corrected chi connectivity index (χ3v) is 6.22. The van der Waals surface area contributed by atoms with Gasteiger partial charge in [-0.3, -0.25) is 4.90 Å². The van der Waals surface area contributed by atoms with Gasteiger partial charge in [-0.2, -0.15) is 0 Å². The summed E-state index contributed by atoms with van der Waals surface area (Å²) in [5.41, 5.74) is 1.12. The molecule has 3 fully saturated rings. The van der Waals surface area contributed by atoms with E-state index in [9.17, 15) is 0 Å². The van der Waals surface area contributed by atoms with Crippen LogP contribution in [0.1, 0.15) is 51.9 Å². The lowest BCUT2D eigenvalue weighted by atomic mass is 9.78. The van der Waals surface area contributed by atoms with Crippen molar-refractivity contribution in [2.24, 2.45) is 11.3 Å². The Bertz CT molecular complexity index is 328. The van der Waals surface area contributed by atoms with Crippen molar-refractivity contribution in [3.05, 3.63) is 12.7 Å². The Labute approximate surface area is 118 Å². The molecule has 0 N–H and O–H groups in total. The van der Waals surface area contributed by atoms with Gasteiger partial charge in [0.2, 0.25) is 0 Å². The third-order valence-electron chi connectivity index (χ3n) is 6.22. The number of allylic oxidation sites excluding steroid dienone is 1. The van der Waals surface area contributed by atoms with Crippen LogP contribution in [-0.4, -0.2) is 36.7 Å². The van der Waals surface area contributed by atoms with Crippen LogP contribution in [0.4, 0.5) is 0 Å². The van der Waals surface area contributed by atoms with Gasteiger partial charge in [-0.25, -0.2) is 0 Å². The second-order valence-electron chi connectivity index (χ2n) is 7.00. The first-order valence-corrected chi connectivity index (χ1v) is 8.18. The monoisotopic (exact) mass is 263 g/mol. The van der Waals surface area contributed by atoms with Crippen LogP contribution in [0.5, 0.6) is 0 Å². The van der Waals surface area contributed by atoms with Crippen LogP contribution in [0.15, 0.2) is 12.7 Å². The molecule has 3 aliphatic rings. The Kier molecular flexibility index (Phi) is 3.74. The van der Waals surface area contributed by atoms with E-state index < -0.39 is 0 Å². The van der Waals surface area contributed by atoms with Crippen molar-refractivity contribution in [3.8, 4) is 0 Å². The van der Waals surface area contributed by atoms with Crippen molar-refractivity contribution in [1.29, 1.82) is 0 Å². The molecule has 2 nitrogen and oxygen atoms in total. The molecule has 2 unspecified atom stereocenters. The van der Waals surface area contributed by atoms with E-state index in [0.29, 0.717) is 11.0 Å². The molecular weight excluding hydrogens is 234 g/mol. The van der Waals surface area contributed by atoms with Gasteiger partial charge in [-0.15, -0.1) is 6.58 Å². The molecule has 0 aromatic carbocycles. The average Bonchev–Trinajstić information content (AvgIpc) is 3.04. The predicted octanol–water partition coefficient (Wildman–Crippen LogP) is 3.62. The van der Waals surface area contributed by atoms with E-state index in [0.717, 1.165) is 19.1 Å². The van der Waals surface area contributed by atoms with Crippen LogP contribution in [0.25, 0.3) is 0 Å². The Balaban J connectivity index is 1.62. The van der Waals surface area contributed by atoms with E-state index in [-0.39, 0.29) is 0 Å². The summed E-state index contributed by atoms with van der Waals surface area (Å²) in [6.07, 6.45) is 11.5. The van der Waals surface area contributed by atoms with Gasteiger partial charge in [0.05, 0.1) is 6.61 Å². The largest absolute Gasteiger partial charge is 0.379 e. The minimum Gasteiger partial charge on any atom is -0.379 e. The normalized spacial score (nSPS) is 34.2. The number of hydrogen-bond acceptors (Lipinski definition) is 2. The van der Waals surface area contributed by atoms with Gasteiger partial charge in [0, 0.05) is 25.2 Å². The van der Waals surface area contributed by atoms with E-state index in [1.165, 1.54) is 58.0 Å². The summed E-state index contributed by atoms with van der Waals surface area (Å²) >= 11 is 0. The maximum Gasteiger partial charge on any atom is 0.0651 e. The zero-order valence-corrected chi connectivity index (χ0v) is 12.5. The first kappa shape index (κ1) is 13.6. The fourth-order valence-corrected chi connectivity index (χ4v) is 4.30. The van der Waals surface area contributed by atoms with Crippen LogP contribution >= 0.6 is 0 Å². The molecule has 2 atom stereocenters. The molecule has 0 bridgehead atoms. The van der Waals surface area contributed by atoms with Gasteiger partial charge >= 0.3 is 0 Å². The molecule has 1 aliphatic carbocycles. The molecule has 0 aromatic heterocycles. The smallest absolute Gasteiger partial charge is 0.0651 e. The number of hydrogen-bond donors (Lipinski definition) is 0. The molecule has 0 aromatic rings. The zero-order valence-electron chi connectivity index (χ0n) is 12.5. The van der Waals surface area contributed by atoms with Crippen molar-refractivity contribution >= 4 is 0 Å². The maximum absolute atomic E-state index is 5.66. The molecular formula is C17H29NO. The van der Waals surface area contributed by atoms with Crippen molar-refractivity contribution in [3.63, 3.8) is 0 Å². The number of ether oxygens (including phenoxy) is 1. The summed E-state index contributed by atoms with van der Waals surface area (Å²) in [5, 5.41) is 0. The number of rotatable bonds is 7. The Morgan fingerprint density at radius 3 is 2.63 bits per heavy atom. The summed E-state index contributed by atoms with van der Waals surface area (Å²) < 4.78 is 5.66. The fraction of sp³-hybridized carbons (Fsp3) is 0.882. The molecule has 108 valence electrons. The molecule has 0 amide bonds. The summed E-state index contributed by atoms with van der Waals surface area (Å²) in [6, 6.07) is 0. The predicted molar refractivity (Wildman–Crippen MR) is 79.2 cm³/mol. The van der Waals surface area contributed by atoms with Crippen molar-refractivity contribution in [2.75, 3.05) is 26.3 Å². The van der Waals surface area contributed by atoms with Crippen molar-refractivity contribution < 1.29 is 4.74 Å². The minimum absolute atomic E-state index is 0.441. The highest BCUT2D eigenvalue weighted by Gasteiger charge is 2.52. The standard InChI is InChI=1S/C17H29NO/c1-3-5-6-15(16(4-2)7-8-16)13-18-11-9-17(18)10-12-19-14-17/h3,15H,1,4-14H2,2H3. The Morgan fingerprint density at radius 1 is 1.32 bits per heavy atom. The lowest BCUT2D eigenvalue weighted by molar-refractivity contribution is -0.0404. The van der Waals surface area contributed by atoms with Crippen molar-refractivity contribution in [1.82, 2.24) is 4.90 Å². The van der Waals surface area contributed by atoms with Gasteiger partial charge < -0.3 is 4.74 Å². The van der Waals surface area contributed by atoms with Crippen LogP contribution in [0, 0.1) is 11.3 Å². The highest BCUT2D eigenvalue weighted by molar-refractivity contribution is 5.06. The topological polar surface area (TPSA) is 12.5 Å².